The maximum atomic E-state index is 11.3. The Morgan fingerprint density at radius 2 is 2.31 bits per heavy atom. The summed E-state index contributed by atoms with van der Waals surface area (Å²) >= 11 is 0. The molecule has 3 N–H and O–H groups in total. The topological polar surface area (TPSA) is 81.1 Å². The molecule has 0 amide bonds. The number of aliphatic hydroxyl groups excluding tert-OH is 1. The number of aliphatic hydroxyl groups is 1. The predicted molar refractivity (Wildman–Crippen MR) is 62.4 cm³/mol. The Morgan fingerprint density at radius 1 is 1.62 bits per heavy atom. The fourth-order valence-electron chi connectivity index (χ4n) is 2.06. The maximum absolute atomic E-state index is 11.3. The minimum absolute atomic E-state index is 0.0790. The van der Waals surface area contributed by atoms with Gasteiger partial charge in [0, 0.05) is 34.5 Å². The Bertz CT molecular complexity index is 370. The van der Waals surface area contributed by atoms with Gasteiger partial charge in [-0.3, -0.25) is 4.21 Å². The van der Waals surface area contributed by atoms with Crippen LogP contribution in [0.2, 0.25) is 0 Å². The lowest BCUT2D eigenvalue weighted by molar-refractivity contribution is 0.260. The van der Waals surface area contributed by atoms with Crippen LogP contribution < -0.4 is 5.73 Å². The van der Waals surface area contributed by atoms with E-state index in [1.807, 2.05) is 4.57 Å². The van der Waals surface area contributed by atoms with Crippen LogP contribution in [-0.4, -0.2) is 37.0 Å². The summed E-state index contributed by atoms with van der Waals surface area (Å²) in [5.74, 6) is 1.49. The van der Waals surface area contributed by atoms with Crippen molar-refractivity contribution in [2.75, 3.05) is 18.1 Å². The summed E-state index contributed by atoms with van der Waals surface area (Å²) in [6.45, 7) is -0.0790. The standard InChI is InChI=1S/C10H17N3O2S/c11-9(6-14)10-5-12-7-13(10)8-1-3-16(15)4-2-8/h5,7-9,14H,1-4,6,11H2. The van der Waals surface area contributed by atoms with Crippen molar-refractivity contribution >= 4 is 10.8 Å². The largest absolute Gasteiger partial charge is 0.394 e. The zero-order valence-corrected chi connectivity index (χ0v) is 9.90. The molecule has 2 heterocycles. The highest BCUT2D eigenvalue weighted by Gasteiger charge is 2.22. The monoisotopic (exact) mass is 243 g/mol. The molecule has 1 fully saturated rings. The van der Waals surface area contributed by atoms with Crippen LogP contribution in [0.15, 0.2) is 12.5 Å². The molecule has 1 aromatic rings. The fourth-order valence-corrected chi connectivity index (χ4v) is 3.33. The van der Waals surface area contributed by atoms with E-state index in [0.29, 0.717) is 6.04 Å². The van der Waals surface area contributed by atoms with E-state index in [1.165, 1.54) is 0 Å². The van der Waals surface area contributed by atoms with E-state index in [-0.39, 0.29) is 12.6 Å². The Morgan fingerprint density at radius 3 is 2.94 bits per heavy atom. The van der Waals surface area contributed by atoms with Crippen LogP contribution in [0.1, 0.15) is 30.6 Å². The molecule has 1 unspecified atom stereocenters. The summed E-state index contributed by atoms with van der Waals surface area (Å²) in [6.07, 6.45) is 5.25. The average Bonchev–Trinajstić information content (AvgIpc) is 2.78. The number of hydrogen-bond donors (Lipinski definition) is 2. The Hall–Kier alpha value is -0.720. The zero-order valence-electron chi connectivity index (χ0n) is 9.08. The van der Waals surface area contributed by atoms with E-state index < -0.39 is 10.8 Å². The van der Waals surface area contributed by atoms with Crippen LogP contribution in [0.5, 0.6) is 0 Å². The second-order valence-corrected chi connectivity index (χ2v) is 5.79. The molecule has 0 radical (unpaired) electrons. The van der Waals surface area contributed by atoms with E-state index in [0.717, 1.165) is 30.0 Å². The van der Waals surface area contributed by atoms with Gasteiger partial charge in [0.15, 0.2) is 0 Å². The fraction of sp³-hybridized carbons (Fsp3) is 0.700. The molecule has 1 aromatic heterocycles. The predicted octanol–water partition coefficient (Wildman–Crippen LogP) is -0.0412. The first-order chi connectivity index (χ1) is 7.72. The molecule has 0 spiro atoms. The number of nitrogens with two attached hydrogens (primary N) is 1. The molecule has 5 nitrogen and oxygen atoms in total. The van der Waals surface area contributed by atoms with Crippen molar-refractivity contribution in [3.05, 3.63) is 18.2 Å². The molecular formula is C10H17N3O2S. The molecule has 1 aliphatic rings. The van der Waals surface area contributed by atoms with Crippen molar-refractivity contribution in [3.63, 3.8) is 0 Å². The van der Waals surface area contributed by atoms with Gasteiger partial charge in [0.05, 0.1) is 24.7 Å². The van der Waals surface area contributed by atoms with Crippen LogP contribution in [0.3, 0.4) is 0 Å². The third kappa shape index (κ3) is 2.34. The number of imidazole rings is 1. The van der Waals surface area contributed by atoms with Crippen LogP contribution in [0, 0.1) is 0 Å². The highest BCUT2D eigenvalue weighted by atomic mass is 32.2. The first kappa shape index (κ1) is 11.8. The van der Waals surface area contributed by atoms with Gasteiger partial charge in [0.2, 0.25) is 0 Å². The summed E-state index contributed by atoms with van der Waals surface area (Å²) in [6, 6.07) is -0.0530. The zero-order chi connectivity index (χ0) is 11.5. The van der Waals surface area contributed by atoms with Crippen LogP contribution in [0.25, 0.3) is 0 Å². The van der Waals surface area contributed by atoms with Gasteiger partial charge < -0.3 is 15.4 Å². The number of hydrogen-bond acceptors (Lipinski definition) is 4. The third-order valence-corrected chi connectivity index (χ3v) is 4.41. The molecule has 1 aliphatic heterocycles. The van der Waals surface area contributed by atoms with Crippen molar-refractivity contribution in [3.8, 4) is 0 Å². The van der Waals surface area contributed by atoms with Crippen molar-refractivity contribution in [2.24, 2.45) is 5.73 Å². The van der Waals surface area contributed by atoms with E-state index in [1.54, 1.807) is 12.5 Å². The van der Waals surface area contributed by atoms with E-state index >= 15 is 0 Å². The van der Waals surface area contributed by atoms with Crippen molar-refractivity contribution in [2.45, 2.75) is 24.9 Å². The highest BCUT2D eigenvalue weighted by Crippen LogP contribution is 2.25. The van der Waals surface area contributed by atoms with Crippen molar-refractivity contribution in [1.82, 2.24) is 9.55 Å². The molecule has 1 saturated heterocycles. The molecule has 16 heavy (non-hydrogen) atoms. The van der Waals surface area contributed by atoms with E-state index in [2.05, 4.69) is 4.98 Å². The lowest BCUT2D eigenvalue weighted by atomic mass is 10.1. The Labute approximate surface area is 97.1 Å². The third-order valence-electron chi connectivity index (χ3n) is 3.02. The molecule has 0 saturated carbocycles. The van der Waals surface area contributed by atoms with Gasteiger partial charge in [-0.05, 0) is 12.8 Å². The molecule has 2 rings (SSSR count). The number of aromatic nitrogens is 2. The lowest BCUT2D eigenvalue weighted by Gasteiger charge is -2.25. The second-order valence-electron chi connectivity index (χ2n) is 4.09. The van der Waals surface area contributed by atoms with Crippen LogP contribution >= 0.6 is 0 Å². The van der Waals surface area contributed by atoms with Gasteiger partial charge in [0.1, 0.15) is 0 Å². The van der Waals surface area contributed by atoms with E-state index in [9.17, 15) is 4.21 Å². The molecule has 0 aliphatic carbocycles. The quantitative estimate of drug-likeness (QED) is 0.780. The number of rotatable bonds is 3. The smallest absolute Gasteiger partial charge is 0.0951 e. The SMILES string of the molecule is NC(CO)c1cncn1C1CCS(=O)CC1. The lowest BCUT2D eigenvalue weighted by Crippen LogP contribution is -2.26. The van der Waals surface area contributed by atoms with Gasteiger partial charge >= 0.3 is 0 Å². The number of nitrogens with zero attached hydrogens (tertiary/aromatic N) is 2. The molecule has 6 heteroatoms. The van der Waals surface area contributed by atoms with Gasteiger partial charge in [-0.1, -0.05) is 0 Å². The van der Waals surface area contributed by atoms with Gasteiger partial charge in [-0.25, -0.2) is 4.98 Å². The summed E-state index contributed by atoms with van der Waals surface area (Å²) in [5, 5.41) is 9.06. The molecule has 0 aromatic carbocycles. The minimum atomic E-state index is -0.656. The normalized spacial score (nSPS) is 27.9. The van der Waals surface area contributed by atoms with Crippen molar-refractivity contribution in [1.29, 1.82) is 0 Å². The first-order valence-electron chi connectivity index (χ1n) is 5.45. The first-order valence-corrected chi connectivity index (χ1v) is 6.94. The molecule has 0 bridgehead atoms. The van der Waals surface area contributed by atoms with E-state index in [4.69, 9.17) is 10.8 Å². The van der Waals surface area contributed by atoms with Gasteiger partial charge in [-0.15, -0.1) is 0 Å². The Balaban J connectivity index is 2.14. The van der Waals surface area contributed by atoms with Crippen LogP contribution in [0.4, 0.5) is 0 Å². The van der Waals surface area contributed by atoms with Gasteiger partial charge in [-0.2, -0.15) is 0 Å². The van der Waals surface area contributed by atoms with Crippen molar-refractivity contribution < 1.29 is 9.32 Å². The summed E-state index contributed by atoms with van der Waals surface area (Å²) in [4.78, 5) is 4.08. The maximum Gasteiger partial charge on any atom is 0.0951 e. The summed E-state index contributed by atoms with van der Waals surface area (Å²) in [5.41, 5.74) is 6.66. The van der Waals surface area contributed by atoms with Gasteiger partial charge in [0.25, 0.3) is 0 Å². The Kier molecular flexibility index (Phi) is 3.73. The molecule has 1 atom stereocenters. The second kappa shape index (κ2) is 5.07. The van der Waals surface area contributed by atoms with Crippen LogP contribution in [-0.2, 0) is 10.8 Å². The summed E-state index contributed by atoms with van der Waals surface area (Å²) < 4.78 is 13.3. The minimum Gasteiger partial charge on any atom is -0.394 e. The highest BCUT2D eigenvalue weighted by molar-refractivity contribution is 7.85. The summed E-state index contributed by atoms with van der Waals surface area (Å²) in [7, 11) is -0.656. The average molecular weight is 243 g/mol. The molecule has 90 valence electrons. The molecular weight excluding hydrogens is 226 g/mol.